The van der Waals surface area contributed by atoms with Gasteiger partial charge in [0.05, 0.1) is 19.8 Å². The van der Waals surface area contributed by atoms with Gasteiger partial charge >= 0.3 is 0 Å². The number of nitrogens with one attached hydrogen (secondary N) is 1. The molecule has 0 aromatic heterocycles. The van der Waals surface area contributed by atoms with Gasteiger partial charge in [0.2, 0.25) is 5.91 Å². The molecule has 1 aromatic carbocycles. The molecule has 2 aliphatic heterocycles. The van der Waals surface area contributed by atoms with Crippen molar-refractivity contribution in [1.29, 1.82) is 0 Å². The summed E-state index contributed by atoms with van der Waals surface area (Å²) < 4.78 is 5.34. The Morgan fingerprint density at radius 2 is 1.84 bits per heavy atom. The summed E-state index contributed by atoms with van der Waals surface area (Å²) in [6.07, 6.45) is 2.35. The van der Waals surface area contributed by atoms with Crippen LogP contribution >= 0.6 is 35.6 Å². The lowest BCUT2D eigenvalue weighted by atomic mass is 9.96. The average Bonchev–Trinajstić information content (AvgIpc) is 3.57. The van der Waals surface area contributed by atoms with Crippen LogP contribution in [0.15, 0.2) is 29.3 Å². The highest BCUT2D eigenvalue weighted by Gasteiger charge is 2.44. The van der Waals surface area contributed by atoms with E-state index in [0.29, 0.717) is 32.8 Å². The van der Waals surface area contributed by atoms with Gasteiger partial charge in [0, 0.05) is 63.3 Å². The van der Waals surface area contributed by atoms with Crippen molar-refractivity contribution < 1.29 is 9.53 Å². The zero-order valence-electron chi connectivity index (χ0n) is 18.2. The maximum Gasteiger partial charge on any atom is 0.236 e. The van der Waals surface area contributed by atoms with Crippen molar-refractivity contribution in [3.8, 4) is 0 Å². The first-order valence-corrected chi connectivity index (χ1v) is 11.3. The Balaban J connectivity index is 0.00000272. The van der Waals surface area contributed by atoms with Gasteiger partial charge < -0.3 is 19.9 Å². The Kier molecular flexibility index (Phi) is 8.83. The minimum Gasteiger partial charge on any atom is -0.378 e. The topological polar surface area (TPSA) is 60.4 Å². The van der Waals surface area contributed by atoms with Crippen LogP contribution < -0.4 is 5.32 Å². The monoisotopic (exact) mass is 561 g/mol. The van der Waals surface area contributed by atoms with Gasteiger partial charge in [0.1, 0.15) is 0 Å². The van der Waals surface area contributed by atoms with E-state index in [0.717, 1.165) is 43.7 Å². The standard InChI is InChI=1S/C22H32ClN5O2.HI/c1-24-21(25-17-22(5-6-22)18-3-2-4-19(23)15-18)28-9-7-26(8-10-28)16-20(29)27-11-13-30-14-12-27;/h2-4,15H,5-14,16-17H2,1H3,(H,24,25);1H. The zero-order chi connectivity index (χ0) is 21.0. The molecule has 0 unspecified atom stereocenters. The summed E-state index contributed by atoms with van der Waals surface area (Å²) in [6.45, 7) is 7.59. The van der Waals surface area contributed by atoms with Crippen molar-refractivity contribution in [3.63, 3.8) is 0 Å². The Morgan fingerprint density at radius 1 is 1.13 bits per heavy atom. The van der Waals surface area contributed by atoms with Crippen LogP contribution in [0, 0.1) is 0 Å². The number of piperazine rings is 1. The second kappa shape index (κ2) is 11.2. The van der Waals surface area contributed by atoms with Crippen LogP contribution in [0.3, 0.4) is 0 Å². The van der Waals surface area contributed by atoms with E-state index in [1.807, 2.05) is 24.1 Å². The smallest absolute Gasteiger partial charge is 0.236 e. The first kappa shape index (κ1) is 24.5. The molecule has 1 saturated carbocycles. The Labute approximate surface area is 207 Å². The number of benzene rings is 1. The van der Waals surface area contributed by atoms with E-state index in [1.54, 1.807) is 0 Å². The molecule has 7 nitrogen and oxygen atoms in total. The predicted molar refractivity (Wildman–Crippen MR) is 135 cm³/mol. The molecule has 4 rings (SSSR count). The Morgan fingerprint density at radius 3 is 2.45 bits per heavy atom. The number of aliphatic imine (C=N–C) groups is 1. The summed E-state index contributed by atoms with van der Waals surface area (Å²) in [5.41, 5.74) is 1.48. The van der Waals surface area contributed by atoms with Crippen molar-refractivity contribution in [2.75, 3.05) is 72.6 Å². The molecule has 1 N–H and O–H groups in total. The Bertz CT molecular complexity index is 775. The van der Waals surface area contributed by atoms with Crippen LogP contribution in [0.2, 0.25) is 5.02 Å². The number of morpholine rings is 1. The molecule has 2 saturated heterocycles. The van der Waals surface area contributed by atoms with Crippen molar-refractivity contribution in [1.82, 2.24) is 20.0 Å². The molecule has 1 amide bonds. The molecule has 31 heavy (non-hydrogen) atoms. The third-order valence-electron chi connectivity index (χ3n) is 6.48. The van der Waals surface area contributed by atoms with Gasteiger partial charge in [-0.1, -0.05) is 23.7 Å². The van der Waals surface area contributed by atoms with E-state index in [2.05, 4.69) is 32.2 Å². The number of hydrogen-bond donors (Lipinski definition) is 1. The van der Waals surface area contributed by atoms with Crippen molar-refractivity contribution in [2.24, 2.45) is 4.99 Å². The number of guanidine groups is 1. The second-order valence-corrected chi connectivity index (χ2v) is 8.88. The molecular formula is C22H33ClIN5O2. The molecule has 1 aliphatic carbocycles. The zero-order valence-corrected chi connectivity index (χ0v) is 21.3. The van der Waals surface area contributed by atoms with Crippen LogP contribution in [0.25, 0.3) is 0 Å². The number of carbonyl (C=O) groups excluding carboxylic acids is 1. The minimum atomic E-state index is 0. The molecule has 0 spiro atoms. The summed E-state index contributed by atoms with van der Waals surface area (Å²) in [5, 5.41) is 4.39. The van der Waals surface area contributed by atoms with Gasteiger partial charge in [-0.3, -0.25) is 14.7 Å². The van der Waals surface area contributed by atoms with Gasteiger partial charge in [-0.25, -0.2) is 0 Å². The van der Waals surface area contributed by atoms with Gasteiger partial charge in [0.15, 0.2) is 5.96 Å². The lowest BCUT2D eigenvalue weighted by molar-refractivity contribution is -0.136. The summed E-state index contributed by atoms with van der Waals surface area (Å²) in [6, 6.07) is 8.22. The first-order chi connectivity index (χ1) is 14.6. The number of amides is 1. The molecule has 3 aliphatic rings. The summed E-state index contributed by atoms with van der Waals surface area (Å²) >= 11 is 6.20. The van der Waals surface area contributed by atoms with Gasteiger partial charge in [-0.2, -0.15) is 0 Å². The molecular weight excluding hydrogens is 529 g/mol. The number of rotatable bonds is 5. The largest absolute Gasteiger partial charge is 0.378 e. The van der Waals surface area contributed by atoms with Crippen LogP contribution in [0.5, 0.6) is 0 Å². The summed E-state index contributed by atoms with van der Waals surface area (Å²) in [5.74, 6) is 1.16. The van der Waals surface area contributed by atoms with Crippen LogP contribution in [0.4, 0.5) is 0 Å². The van der Waals surface area contributed by atoms with E-state index >= 15 is 0 Å². The minimum absolute atomic E-state index is 0. The number of carbonyl (C=O) groups is 1. The molecule has 172 valence electrons. The van der Waals surface area contributed by atoms with E-state index in [-0.39, 0.29) is 35.3 Å². The van der Waals surface area contributed by atoms with E-state index in [9.17, 15) is 4.79 Å². The molecule has 2 heterocycles. The highest BCUT2D eigenvalue weighted by Crippen LogP contribution is 2.48. The van der Waals surface area contributed by atoms with Crippen LogP contribution in [-0.4, -0.2) is 99.2 Å². The molecule has 3 fully saturated rings. The van der Waals surface area contributed by atoms with Crippen LogP contribution in [0.1, 0.15) is 18.4 Å². The maximum atomic E-state index is 12.5. The highest BCUT2D eigenvalue weighted by molar-refractivity contribution is 14.0. The third kappa shape index (κ3) is 6.24. The van der Waals surface area contributed by atoms with E-state index < -0.39 is 0 Å². The summed E-state index contributed by atoms with van der Waals surface area (Å²) in [7, 11) is 1.84. The van der Waals surface area contributed by atoms with E-state index in [1.165, 1.54) is 18.4 Å². The highest BCUT2D eigenvalue weighted by atomic mass is 127. The fourth-order valence-electron chi connectivity index (χ4n) is 4.34. The quantitative estimate of drug-likeness (QED) is 0.339. The first-order valence-electron chi connectivity index (χ1n) is 10.9. The third-order valence-corrected chi connectivity index (χ3v) is 6.72. The lowest BCUT2D eigenvalue weighted by Crippen LogP contribution is -2.55. The molecule has 1 aromatic rings. The SMILES string of the molecule is CN=C(NCC1(c2cccc(Cl)c2)CC1)N1CCN(CC(=O)N2CCOCC2)CC1.I. The summed E-state index contributed by atoms with van der Waals surface area (Å²) in [4.78, 5) is 23.5. The lowest BCUT2D eigenvalue weighted by Gasteiger charge is -2.37. The predicted octanol–water partition coefficient (Wildman–Crippen LogP) is 2.04. The fourth-order valence-corrected chi connectivity index (χ4v) is 4.53. The van der Waals surface area contributed by atoms with E-state index in [4.69, 9.17) is 16.3 Å². The number of nitrogens with zero attached hydrogens (tertiary/aromatic N) is 4. The average molecular weight is 562 g/mol. The molecule has 0 radical (unpaired) electrons. The van der Waals surface area contributed by atoms with Crippen molar-refractivity contribution in [2.45, 2.75) is 18.3 Å². The normalized spacial score (nSPS) is 21.4. The van der Waals surface area contributed by atoms with Gasteiger partial charge in [0.25, 0.3) is 0 Å². The second-order valence-electron chi connectivity index (χ2n) is 8.45. The molecule has 0 bridgehead atoms. The van der Waals surface area contributed by atoms with Gasteiger partial charge in [-0.15, -0.1) is 24.0 Å². The van der Waals surface area contributed by atoms with Crippen molar-refractivity contribution >= 4 is 47.4 Å². The van der Waals surface area contributed by atoms with Gasteiger partial charge in [-0.05, 0) is 30.5 Å². The number of hydrogen-bond acceptors (Lipinski definition) is 4. The maximum absolute atomic E-state index is 12.5. The fraction of sp³-hybridized carbons (Fsp3) is 0.636. The van der Waals surface area contributed by atoms with Crippen LogP contribution in [-0.2, 0) is 14.9 Å². The molecule has 9 heteroatoms. The number of halogens is 2. The molecule has 0 atom stereocenters. The number of ether oxygens (including phenoxy) is 1. The Hall–Kier alpha value is -1.10. The van der Waals surface area contributed by atoms with Crippen molar-refractivity contribution in [3.05, 3.63) is 34.9 Å².